The van der Waals surface area contributed by atoms with E-state index in [0.717, 1.165) is 12.8 Å². The average Bonchev–Trinajstić information content (AvgIpc) is 2.45. The lowest BCUT2D eigenvalue weighted by Gasteiger charge is -2.12. The molecule has 0 amide bonds. The molecule has 7 heteroatoms. The van der Waals surface area contributed by atoms with Gasteiger partial charge in [0, 0.05) is 18.8 Å². The van der Waals surface area contributed by atoms with Gasteiger partial charge in [-0.2, -0.15) is 0 Å². The number of carbonyl (C=O) groups is 1. The van der Waals surface area contributed by atoms with Crippen LogP contribution in [0.4, 0.5) is 5.69 Å². The molecule has 6 nitrogen and oxygen atoms in total. The number of carboxylic acids is 1. The number of hydrogen-bond acceptors (Lipinski definition) is 4. The van der Waals surface area contributed by atoms with Crippen LogP contribution in [-0.2, 0) is 10.0 Å². The van der Waals surface area contributed by atoms with E-state index in [9.17, 15) is 18.3 Å². The number of benzene rings is 1. The number of rotatable bonds is 9. The molecule has 0 aliphatic rings. The Morgan fingerprint density at radius 3 is 2.48 bits per heavy atom. The summed E-state index contributed by atoms with van der Waals surface area (Å²) in [5, 5.41) is 12.3. The van der Waals surface area contributed by atoms with Crippen molar-refractivity contribution in [3.8, 4) is 0 Å². The number of nitrogens with one attached hydrogen (secondary N) is 2. The van der Waals surface area contributed by atoms with Crippen molar-refractivity contribution in [3.63, 3.8) is 0 Å². The SMILES string of the molecule is CCCCNc1ccc(S(=O)(=O)NCCC)cc1C(=O)O. The van der Waals surface area contributed by atoms with Crippen LogP contribution in [0.25, 0.3) is 0 Å². The zero-order valence-electron chi connectivity index (χ0n) is 12.3. The van der Waals surface area contributed by atoms with Crippen LogP contribution in [0, 0.1) is 0 Å². The molecule has 0 fully saturated rings. The molecule has 0 heterocycles. The summed E-state index contributed by atoms with van der Waals surface area (Å²) >= 11 is 0. The number of hydrogen-bond donors (Lipinski definition) is 3. The molecule has 0 saturated heterocycles. The molecule has 1 rings (SSSR count). The third-order valence-electron chi connectivity index (χ3n) is 2.92. The maximum Gasteiger partial charge on any atom is 0.337 e. The Morgan fingerprint density at radius 2 is 1.90 bits per heavy atom. The van der Waals surface area contributed by atoms with Gasteiger partial charge in [0.15, 0.2) is 0 Å². The lowest BCUT2D eigenvalue weighted by molar-refractivity contribution is 0.0697. The molecule has 0 saturated carbocycles. The quantitative estimate of drug-likeness (QED) is 0.608. The fraction of sp³-hybridized carbons (Fsp3) is 0.500. The van der Waals surface area contributed by atoms with Gasteiger partial charge in [0.05, 0.1) is 10.5 Å². The van der Waals surface area contributed by atoms with Crippen molar-refractivity contribution in [2.24, 2.45) is 0 Å². The van der Waals surface area contributed by atoms with Crippen molar-refractivity contribution in [1.82, 2.24) is 4.72 Å². The molecule has 0 spiro atoms. The molecule has 0 bridgehead atoms. The van der Waals surface area contributed by atoms with E-state index in [2.05, 4.69) is 10.0 Å². The number of anilines is 1. The van der Waals surface area contributed by atoms with E-state index in [4.69, 9.17) is 0 Å². The monoisotopic (exact) mass is 314 g/mol. The third kappa shape index (κ3) is 5.02. The van der Waals surface area contributed by atoms with Crippen molar-refractivity contribution in [2.75, 3.05) is 18.4 Å². The molecular weight excluding hydrogens is 292 g/mol. The predicted molar refractivity (Wildman–Crippen MR) is 82.3 cm³/mol. The van der Waals surface area contributed by atoms with E-state index in [1.165, 1.54) is 18.2 Å². The highest BCUT2D eigenvalue weighted by atomic mass is 32.2. The van der Waals surface area contributed by atoms with Crippen molar-refractivity contribution < 1.29 is 18.3 Å². The molecular formula is C14H22N2O4S. The smallest absolute Gasteiger partial charge is 0.337 e. The highest BCUT2D eigenvalue weighted by Crippen LogP contribution is 2.21. The first kappa shape index (κ1) is 17.5. The predicted octanol–water partition coefficient (Wildman–Crippen LogP) is 2.29. The summed E-state index contributed by atoms with van der Waals surface area (Å²) in [4.78, 5) is 11.3. The minimum atomic E-state index is -3.66. The van der Waals surface area contributed by atoms with E-state index < -0.39 is 16.0 Å². The first-order valence-corrected chi connectivity index (χ1v) is 8.51. The number of unbranched alkanes of at least 4 members (excludes halogenated alkanes) is 1. The Kier molecular flexibility index (Phi) is 6.64. The molecule has 118 valence electrons. The molecule has 0 unspecified atom stereocenters. The topological polar surface area (TPSA) is 95.5 Å². The fourth-order valence-electron chi connectivity index (χ4n) is 1.74. The Hall–Kier alpha value is -1.60. The van der Waals surface area contributed by atoms with Crippen LogP contribution in [0.5, 0.6) is 0 Å². The van der Waals surface area contributed by atoms with Crippen LogP contribution < -0.4 is 10.0 Å². The second-order valence-electron chi connectivity index (χ2n) is 4.69. The molecule has 0 aromatic heterocycles. The van der Waals surface area contributed by atoms with E-state index >= 15 is 0 Å². The second kappa shape index (κ2) is 7.99. The van der Waals surface area contributed by atoms with Crippen LogP contribution in [0.3, 0.4) is 0 Å². The van der Waals surface area contributed by atoms with E-state index in [-0.39, 0.29) is 10.5 Å². The summed E-state index contributed by atoms with van der Waals surface area (Å²) in [6.45, 7) is 4.86. The highest BCUT2D eigenvalue weighted by molar-refractivity contribution is 7.89. The van der Waals surface area contributed by atoms with Crippen molar-refractivity contribution in [3.05, 3.63) is 23.8 Å². The first-order chi connectivity index (χ1) is 9.92. The van der Waals surface area contributed by atoms with Crippen molar-refractivity contribution in [1.29, 1.82) is 0 Å². The maximum atomic E-state index is 12.0. The zero-order valence-corrected chi connectivity index (χ0v) is 13.2. The van der Waals surface area contributed by atoms with Gasteiger partial charge in [-0.1, -0.05) is 20.3 Å². The molecule has 1 aromatic carbocycles. The Bertz CT molecular complexity index is 585. The minimum Gasteiger partial charge on any atom is -0.478 e. The summed E-state index contributed by atoms with van der Waals surface area (Å²) in [5.74, 6) is -1.15. The van der Waals surface area contributed by atoms with Gasteiger partial charge in [0.25, 0.3) is 0 Å². The van der Waals surface area contributed by atoms with Crippen molar-refractivity contribution >= 4 is 21.7 Å². The summed E-state index contributed by atoms with van der Waals surface area (Å²) < 4.78 is 26.4. The van der Waals surface area contributed by atoms with E-state index in [0.29, 0.717) is 25.2 Å². The summed E-state index contributed by atoms with van der Waals surface area (Å²) in [5.41, 5.74) is 0.399. The van der Waals surface area contributed by atoms with Crippen LogP contribution in [-0.4, -0.2) is 32.6 Å². The molecule has 1 aromatic rings. The molecule has 0 aliphatic carbocycles. The van der Waals surface area contributed by atoms with Gasteiger partial charge in [-0.3, -0.25) is 0 Å². The lowest BCUT2D eigenvalue weighted by atomic mass is 10.1. The van der Waals surface area contributed by atoms with Gasteiger partial charge in [-0.05, 0) is 31.0 Å². The van der Waals surface area contributed by atoms with Crippen LogP contribution in [0.15, 0.2) is 23.1 Å². The average molecular weight is 314 g/mol. The first-order valence-electron chi connectivity index (χ1n) is 7.03. The van der Waals surface area contributed by atoms with Gasteiger partial charge in [0.1, 0.15) is 0 Å². The highest BCUT2D eigenvalue weighted by Gasteiger charge is 2.18. The van der Waals surface area contributed by atoms with Gasteiger partial charge >= 0.3 is 5.97 Å². The number of sulfonamides is 1. The summed E-state index contributed by atoms with van der Waals surface area (Å²) in [6, 6.07) is 4.10. The second-order valence-corrected chi connectivity index (χ2v) is 6.46. The number of carboxylic acid groups (broad SMARTS) is 1. The summed E-state index contributed by atoms with van der Waals surface area (Å²) in [7, 11) is -3.66. The summed E-state index contributed by atoms with van der Waals surface area (Å²) in [6.07, 6.45) is 2.57. The largest absolute Gasteiger partial charge is 0.478 e. The third-order valence-corrected chi connectivity index (χ3v) is 4.38. The lowest BCUT2D eigenvalue weighted by Crippen LogP contribution is -2.24. The Labute approximate surface area is 125 Å². The van der Waals surface area contributed by atoms with Crippen molar-refractivity contribution in [2.45, 2.75) is 38.0 Å². The van der Waals surface area contributed by atoms with Gasteiger partial charge in [-0.15, -0.1) is 0 Å². The van der Waals surface area contributed by atoms with Gasteiger partial charge < -0.3 is 10.4 Å². The number of aromatic carboxylic acids is 1. The Morgan fingerprint density at radius 1 is 1.19 bits per heavy atom. The normalized spacial score (nSPS) is 11.3. The fourth-order valence-corrected chi connectivity index (χ4v) is 2.90. The van der Waals surface area contributed by atoms with Gasteiger partial charge in [-0.25, -0.2) is 17.9 Å². The molecule has 0 radical (unpaired) electrons. The molecule has 21 heavy (non-hydrogen) atoms. The minimum absolute atomic E-state index is 0.0330. The van der Waals surface area contributed by atoms with Gasteiger partial charge in [0.2, 0.25) is 10.0 Å². The molecule has 0 atom stereocenters. The van der Waals surface area contributed by atoms with E-state index in [1.807, 2.05) is 13.8 Å². The maximum absolute atomic E-state index is 12.0. The van der Waals surface area contributed by atoms with Crippen LogP contribution in [0.1, 0.15) is 43.5 Å². The van der Waals surface area contributed by atoms with E-state index in [1.54, 1.807) is 0 Å². The van der Waals surface area contributed by atoms with Crippen LogP contribution in [0.2, 0.25) is 0 Å². The van der Waals surface area contributed by atoms with Crippen LogP contribution >= 0.6 is 0 Å². The molecule has 0 aliphatic heterocycles. The Balaban J connectivity index is 3.05. The standard InChI is InChI=1S/C14H22N2O4S/c1-3-5-9-15-13-7-6-11(10-12(13)14(17)18)21(19,20)16-8-4-2/h6-7,10,15-16H,3-5,8-9H2,1-2H3,(H,17,18). The zero-order chi connectivity index (χ0) is 15.9. The molecule has 3 N–H and O–H groups in total.